The van der Waals surface area contributed by atoms with Crippen LogP contribution in [0.25, 0.3) is 11.0 Å². The summed E-state index contributed by atoms with van der Waals surface area (Å²) in [7, 11) is 0. The highest BCUT2D eigenvalue weighted by Gasteiger charge is 2.22. The second-order valence-corrected chi connectivity index (χ2v) is 6.22. The molecule has 4 heteroatoms. The molecule has 1 aliphatic heterocycles. The Kier molecular flexibility index (Phi) is 4.60. The van der Waals surface area contributed by atoms with Crippen molar-refractivity contribution >= 4 is 11.0 Å². The highest BCUT2D eigenvalue weighted by atomic mass is 16.4. The number of aliphatic hydroxyl groups excluding tert-OH is 1. The van der Waals surface area contributed by atoms with Crippen LogP contribution in [0.2, 0.25) is 0 Å². The van der Waals surface area contributed by atoms with E-state index in [0.29, 0.717) is 11.6 Å². The highest BCUT2D eigenvalue weighted by Crippen LogP contribution is 2.25. The summed E-state index contributed by atoms with van der Waals surface area (Å²) >= 11 is 0. The topological polar surface area (TPSA) is 53.7 Å². The van der Waals surface area contributed by atoms with Gasteiger partial charge in [-0.1, -0.05) is 18.1 Å². The molecule has 0 saturated carbocycles. The zero-order chi connectivity index (χ0) is 15.5. The van der Waals surface area contributed by atoms with Crippen molar-refractivity contribution in [2.24, 2.45) is 0 Å². The van der Waals surface area contributed by atoms with Crippen LogP contribution in [0.5, 0.6) is 0 Å². The lowest BCUT2D eigenvalue weighted by atomic mass is 9.98. The van der Waals surface area contributed by atoms with E-state index in [-0.39, 0.29) is 12.2 Å². The molecular weight excluding hydrogens is 278 g/mol. The Morgan fingerprint density at radius 3 is 3.00 bits per heavy atom. The summed E-state index contributed by atoms with van der Waals surface area (Å²) in [5.41, 5.74) is 2.55. The predicted octanol–water partition coefficient (Wildman–Crippen LogP) is 2.84. The van der Waals surface area contributed by atoms with E-state index in [2.05, 4.69) is 11.0 Å². The van der Waals surface area contributed by atoms with Crippen molar-refractivity contribution in [2.75, 3.05) is 13.2 Å². The van der Waals surface area contributed by atoms with Gasteiger partial charge >= 0.3 is 5.63 Å². The fraction of sp³-hybridized carbons (Fsp3) is 0.500. The second kappa shape index (κ2) is 6.63. The van der Waals surface area contributed by atoms with Gasteiger partial charge in [0.25, 0.3) is 0 Å². The number of nitrogens with zero attached hydrogens (tertiary/aromatic N) is 1. The molecule has 3 rings (SSSR count). The Morgan fingerprint density at radius 2 is 2.18 bits per heavy atom. The molecule has 1 atom stereocenters. The first-order valence-electron chi connectivity index (χ1n) is 8.05. The number of rotatable bonds is 4. The first-order chi connectivity index (χ1) is 10.7. The van der Waals surface area contributed by atoms with Crippen LogP contribution in [0.1, 0.15) is 36.8 Å². The summed E-state index contributed by atoms with van der Waals surface area (Å²) in [6.45, 7) is 4.04. The van der Waals surface area contributed by atoms with Gasteiger partial charge in [-0.25, -0.2) is 4.79 Å². The first-order valence-corrected chi connectivity index (χ1v) is 8.05. The molecule has 0 unspecified atom stereocenters. The number of aliphatic hydroxyl groups is 1. The lowest BCUT2D eigenvalue weighted by molar-refractivity contribution is 0.113. The Labute approximate surface area is 130 Å². The molecule has 22 heavy (non-hydrogen) atoms. The van der Waals surface area contributed by atoms with E-state index in [1.54, 1.807) is 6.07 Å². The molecule has 1 aromatic heterocycles. The lowest BCUT2D eigenvalue weighted by Gasteiger charge is -2.35. The monoisotopic (exact) mass is 301 g/mol. The number of aryl methyl sites for hydroxylation is 1. The third-order valence-corrected chi connectivity index (χ3v) is 4.57. The third-order valence-electron chi connectivity index (χ3n) is 4.57. The highest BCUT2D eigenvalue weighted by molar-refractivity contribution is 5.80. The van der Waals surface area contributed by atoms with Gasteiger partial charge in [-0.3, -0.25) is 4.90 Å². The molecule has 0 bridgehead atoms. The number of fused-ring (bicyclic) bond motifs is 1. The second-order valence-electron chi connectivity index (χ2n) is 6.22. The van der Waals surface area contributed by atoms with Crippen LogP contribution in [-0.4, -0.2) is 29.2 Å². The Balaban J connectivity index is 1.95. The fourth-order valence-corrected chi connectivity index (χ4v) is 3.44. The van der Waals surface area contributed by atoms with Crippen molar-refractivity contribution in [3.8, 4) is 0 Å². The van der Waals surface area contributed by atoms with E-state index in [9.17, 15) is 9.90 Å². The molecule has 1 fully saturated rings. The summed E-state index contributed by atoms with van der Waals surface area (Å²) in [5, 5.41) is 10.3. The SMILES string of the molecule is Cc1ccc2oc(=O)cc(CN3CCCC[C@H]3CCO)c2c1. The Morgan fingerprint density at radius 1 is 1.32 bits per heavy atom. The smallest absolute Gasteiger partial charge is 0.336 e. The zero-order valence-electron chi connectivity index (χ0n) is 13.0. The fourth-order valence-electron chi connectivity index (χ4n) is 3.44. The number of benzene rings is 1. The maximum atomic E-state index is 11.8. The van der Waals surface area contributed by atoms with Crippen molar-refractivity contribution < 1.29 is 9.52 Å². The number of hydrogen-bond acceptors (Lipinski definition) is 4. The van der Waals surface area contributed by atoms with E-state index in [4.69, 9.17) is 4.42 Å². The zero-order valence-corrected chi connectivity index (χ0v) is 13.0. The summed E-state index contributed by atoms with van der Waals surface area (Å²) in [4.78, 5) is 14.2. The predicted molar refractivity (Wildman–Crippen MR) is 87.0 cm³/mol. The standard InChI is InChI=1S/C18H23NO3/c1-13-5-6-17-16(10-13)14(11-18(21)22-17)12-19-8-3-2-4-15(19)7-9-20/h5-6,10-11,15,20H,2-4,7-9,12H2,1H3/t15-/m0/s1. The van der Waals surface area contributed by atoms with Gasteiger partial charge < -0.3 is 9.52 Å². The lowest BCUT2D eigenvalue weighted by Crippen LogP contribution is -2.39. The van der Waals surface area contributed by atoms with Gasteiger partial charge in [-0.2, -0.15) is 0 Å². The van der Waals surface area contributed by atoms with E-state index in [0.717, 1.165) is 42.4 Å². The van der Waals surface area contributed by atoms with Crippen LogP contribution < -0.4 is 5.63 Å². The molecular formula is C18H23NO3. The van der Waals surface area contributed by atoms with E-state index < -0.39 is 0 Å². The van der Waals surface area contributed by atoms with Crippen molar-refractivity contribution in [1.29, 1.82) is 0 Å². The quantitative estimate of drug-likeness (QED) is 0.882. The molecule has 1 saturated heterocycles. The molecule has 0 spiro atoms. The van der Waals surface area contributed by atoms with Gasteiger partial charge in [0.1, 0.15) is 5.58 Å². The summed E-state index contributed by atoms with van der Waals surface area (Å²) in [5.74, 6) is 0. The van der Waals surface area contributed by atoms with Crippen LogP contribution in [0.4, 0.5) is 0 Å². The van der Waals surface area contributed by atoms with Gasteiger partial charge in [-0.05, 0) is 50.4 Å². The van der Waals surface area contributed by atoms with Crippen LogP contribution in [0.3, 0.4) is 0 Å². The molecule has 118 valence electrons. The van der Waals surface area contributed by atoms with Crippen molar-refractivity contribution in [3.63, 3.8) is 0 Å². The summed E-state index contributed by atoms with van der Waals surface area (Å²) in [6.07, 6.45) is 4.33. The van der Waals surface area contributed by atoms with Gasteiger partial charge in [0.15, 0.2) is 0 Å². The Hall–Kier alpha value is -1.65. The molecule has 0 aliphatic carbocycles. The molecule has 0 amide bonds. The van der Waals surface area contributed by atoms with Gasteiger partial charge in [0, 0.05) is 30.6 Å². The molecule has 1 N–H and O–H groups in total. The van der Waals surface area contributed by atoms with Gasteiger partial charge in [-0.15, -0.1) is 0 Å². The average molecular weight is 301 g/mol. The van der Waals surface area contributed by atoms with E-state index in [1.165, 1.54) is 12.8 Å². The summed E-state index contributed by atoms with van der Waals surface area (Å²) in [6, 6.07) is 7.94. The number of piperidine rings is 1. The third kappa shape index (κ3) is 3.23. The minimum Gasteiger partial charge on any atom is -0.423 e. The van der Waals surface area contributed by atoms with Crippen LogP contribution in [0, 0.1) is 6.92 Å². The van der Waals surface area contributed by atoms with Crippen molar-refractivity contribution in [1.82, 2.24) is 4.90 Å². The number of hydrogen-bond donors (Lipinski definition) is 1. The van der Waals surface area contributed by atoms with Crippen molar-refractivity contribution in [2.45, 2.75) is 45.2 Å². The van der Waals surface area contributed by atoms with Crippen molar-refractivity contribution in [3.05, 3.63) is 45.8 Å². The minimum atomic E-state index is -0.290. The van der Waals surface area contributed by atoms with Crippen LogP contribution >= 0.6 is 0 Å². The molecule has 2 heterocycles. The molecule has 4 nitrogen and oxygen atoms in total. The Bertz CT molecular complexity index is 705. The normalized spacial score (nSPS) is 19.6. The molecule has 2 aromatic rings. The van der Waals surface area contributed by atoms with Gasteiger partial charge in [0.05, 0.1) is 0 Å². The molecule has 1 aliphatic rings. The average Bonchev–Trinajstić information content (AvgIpc) is 2.50. The largest absolute Gasteiger partial charge is 0.423 e. The van der Waals surface area contributed by atoms with Crippen LogP contribution in [-0.2, 0) is 6.54 Å². The van der Waals surface area contributed by atoms with Gasteiger partial charge in [0.2, 0.25) is 0 Å². The van der Waals surface area contributed by atoms with E-state index in [1.807, 2.05) is 19.1 Å². The minimum absolute atomic E-state index is 0.220. The first kappa shape index (κ1) is 15.3. The summed E-state index contributed by atoms with van der Waals surface area (Å²) < 4.78 is 5.31. The molecule has 0 radical (unpaired) electrons. The van der Waals surface area contributed by atoms with Crippen LogP contribution in [0.15, 0.2) is 33.5 Å². The number of likely N-dealkylation sites (tertiary alicyclic amines) is 1. The maximum absolute atomic E-state index is 11.8. The van der Waals surface area contributed by atoms with E-state index >= 15 is 0 Å². The maximum Gasteiger partial charge on any atom is 0.336 e. The molecule has 1 aromatic carbocycles.